The minimum absolute atomic E-state index is 0.274. The highest BCUT2D eigenvalue weighted by molar-refractivity contribution is 8.13. The van der Waals surface area contributed by atoms with Crippen molar-refractivity contribution in [3.05, 3.63) is 0 Å². The normalized spacial score (nSPS) is 11.6. The lowest BCUT2D eigenvalue weighted by atomic mass is 10.8. The third kappa shape index (κ3) is 7.81. The lowest BCUT2D eigenvalue weighted by Crippen LogP contribution is -2.11. The summed E-state index contributed by atoms with van der Waals surface area (Å²) >= 11 is 0.274. The minimum Gasteiger partial charge on any atom is -0.288 e. The van der Waals surface area contributed by atoms with Crippen molar-refractivity contribution in [3.63, 3.8) is 0 Å². The van der Waals surface area contributed by atoms with Crippen molar-refractivity contribution in [2.24, 2.45) is 0 Å². The first-order valence-electron chi connectivity index (χ1n) is 2.12. The van der Waals surface area contributed by atoms with Gasteiger partial charge in [-0.2, -0.15) is 13.2 Å². The van der Waals surface area contributed by atoms with Crippen molar-refractivity contribution in [2.45, 2.75) is 13.1 Å². The maximum Gasteiger partial charge on any atom is 0.398 e. The molecular weight excluding hydrogens is 153 g/mol. The molecule has 0 aromatic rings. The van der Waals surface area contributed by atoms with Gasteiger partial charge in [0.05, 0.1) is 5.75 Å². The summed E-state index contributed by atoms with van der Waals surface area (Å²) in [5.41, 5.74) is 0. The summed E-state index contributed by atoms with van der Waals surface area (Å²) in [6.45, 7) is 1.11. The summed E-state index contributed by atoms with van der Waals surface area (Å²) in [6, 6.07) is 0. The zero-order valence-electron chi connectivity index (χ0n) is 4.66. The smallest absolute Gasteiger partial charge is 0.288 e. The Labute approximate surface area is 54.6 Å². The molecule has 0 spiro atoms. The molecule has 0 aliphatic carbocycles. The van der Waals surface area contributed by atoms with Gasteiger partial charge in [-0.15, -0.1) is 0 Å². The van der Waals surface area contributed by atoms with Crippen LogP contribution in [0.3, 0.4) is 0 Å². The molecule has 54 valence electrons. The first kappa shape index (κ1) is 8.81. The molecule has 9 heavy (non-hydrogen) atoms. The molecule has 0 rings (SSSR count). The molecule has 0 unspecified atom stereocenters. The predicted octanol–water partition coefficient (Wildman–Crippen LogP) is 1.83. The van der Waals surface area contributed by atoms with Gasteiger partial charge in [-0.1, -0.05) is 11.8 Å². The van der Waals surface area contributed by atoms with Gasteiger partial charge in [0.2, 0.25) is 0 Å². The number of rotatable bonds is 1. The van der Waals surface area contributed by atoms with Crippen LogP contribution in [0.2, 0.25) is 0 Å². The third-order valence-corrected chi connectivity index (χ3v) is 1.32. The summed E-state index contributed by atoms with van der Waals surface area (Å²) in [4.78, 5) is 9.95. The van der Waals surface area contributed by atoms with Crippen molar-refractivity contribution in [1.82, 2.24) is 0 Å². The topological polar surface area (TPSA) is 17.1 Å². The SMILES string of the molecule is CC(=O)SCC(F)(F)F. The van der Waals surface area contributed by atoms with Crippen LogP contribution in [0.25, 0.3) is 0 Å². The molecular formula is C4H5F3OS. The summed E-state index contributed by atoms with van der Waals surface area (Å²) in [7, 11) is 0. The third-order valence-electron chi connectivity index (χ3n) is 0.439. The van der Waals surface area contributed by atoms with Crippen LogP contribution in [0.15, 0.2) is 0 Å². The number of carbonyl (C=O) groups is 1. The molecule has 0 amide bonds. The van der Waals surface area contributed by atoms with E-state index in [0.29, 0.717) is 0 Å². The van der Waals surface area contributed by atoms with Gasteiger partial charge < -0.3 is 0 Å². The Morgan fingerprint density at radius 2 is 2.00 bits per heavy atom. The highest BCUT2D eigenvalue weighted by Gasteiger charge is 2.27. The van der Waals surface area contributed by atoms with Crippen molar-refractivity contribution in [2.75, 3.05) is 5.75 Å². The van der Waals surface area contributed by atoms with E-state index in [1.165, 1.54) is 0 Å². The van der Waals surface area contributed by atoms with Crippen LogP contribution < -0.4 is 0 Å². The average molecular weight is 158 g/mol. The van der Waals surface area contributed by atoms with Gasteiger partial charge in [-0.05, 0) is 0 Å². The Hall–Kier alpha value is -0.190. The molecule has 0 bridgehead atoms. The fourth-order valence-electron chi connectivity index (χ4n) is 0.183. The summed E-state index contributed by atoms with van der Waals surface area (Å²) in [5.74, 6) is -1.08. The van der Waals surface area contributed by atoms with Crippen LogP contribution in [0.4, 0.5) is 13.2 Å². The number of carbonyl (C=O) groups excluding carboxylic acids is 1. The number of alkyl halides is 3. The van der Waals surface area contributed by atoms with Gasteiger partial charge in [0.1, 0.15) is 0 Å². The van der Waals surface area contributed by atoms with Crippen LogP contribution in [0.5, 0.6) is 0 Å². The zero-order valence-corrected chi connectivity index (χ0v) is 5.47. The maximum absolute atomic E-state index is 11.2. The van der Waals surface area contributed by atoms with E-state index >= 15 is 0 Å². The van der Waals surface area contributed by atoms with Crippen molar-refractivity contribution < 1.29 is 18.0 Å². The molecule has 0 atom stereocenters. The highest BCUT2D eigenvalue weighted by atomic mass is 32.2. The number of halogens is 3. The molecule has 0 saturated heterocycles. The second-order valence-electron chi connectivity index (χ2n) is 1.40. The standard InChI is InChI=1S/C4H5F3OS/c1-3(8)9-2-4(5,6)7/h2H2,1H3. The quantitative estimate of drug-likeness (QED) is 0.579. The molecule has 0 N–H and O–H groups in total. The maximum atomic E-state index is 11.2. The fourth-order valence-corrected chi connectivity index (χ4v) is 0.550. The Bertz CT molecular complexity index is 109. The van der Waals surface area contributed by atoms with E-state index in [9.17, 15) is 18.0 Å². The fraction of sp³-hybridized carbons (Fsp3) is 0.750. The van der Waals surface area contributed by atoms with E-state index in [1.807, 2.05) is 0 Å². The molecule has 0 aliphatic rings. The first-order chi connectivity index (χ1) is 3.92. The largest absolute Gasteiger partial charge is 0.398 e. The lowest BCUT2D eigenvalue weighted by molar-refractivity contribution is -0.112. The molecule has 0 aliphatic heterocycles. The molecule has 0 aromatic heterocycles. The van der Waals surface area contributed by atoms with Gasteiger partial charge in [0.15, 0.2) is 5.12 Å². The summed E-state index contributed by atoms with van der Waals surface area (Å²) in [6.07, 6.45) is -4.23. The first-order valence-corrected chi connectivity index (χ1v) is 3.10. The molecule has 0 radical (unpaired) electrons. The average Bonchev–Trinajstić information content (AvgIpc) is 1.59. The van der Waals surface area contributed by atoms with Crippen molar-refractivity contribution in [1.29, 1.82) is 0 Å². The van der Waals surface area contributed by atoms with E-state index in [2.05, 4.69) is 0 Å². The molecule has 1 nitrogen and oxygen atoms in total. The van der Waals surface area contributed by atoms with Crippen molar-refractivity contribution in [3.8, 4) is 0 Å². The van der Waals surface area contributed by atoms with E-state index in [0.717, 1.165) is 6.92 Å². The Balaban J connectivity index is 3.39. The van der Waals surface area contributed by atoms with Crippen LogP contribution in [0, 0.1) is 0 Å². The van der Waals surface area contributed by atoms with Gasteiger partial charge in [-0.3, -0.25) is 4.79 Å². The van der Waals surface area contributed by atoms with Crippen LogP contribution >= 0.6 is 11.8 Å². The van der Waals surface area contributed by atoms with Crippen LogP contribution in [0.1, 0.15) is 6.92 Å². The van der Waals surface area contributed by atoms with Gasteiger partial charge >= 0.3 is 6.18 Å². The van der Waals surface area contributed by atoms with Crippen LogP contribution in [-0.4, -0.2) is 17.0 Å². The van der Waals surface area contributed by atoms with E-state index in [4.69, 9.17) is 0 Å². The van der Waals surface area contributed by atoms with Crippen LogP contribution in [-0.2, 0) is 4.79 Å². The number of hydrogen-bond acceptors (Lipinski definition) is 2. The minimum atomic E-state index is -4.23. The Kier molecular flexibility index (Phi) is 3.03. The van der Waals surface area contributed by atoms with E-state index in [-0.39, 0.29) is 11.8 Å². The predicted molar refractivity (Wildman–Crippen MR) is 29.2 cm³/mol. The number of hydrogen-bond donors (Lipinski definition) is 0. The van der Waals surface area contributed by atoms with Gasteiger partial charge in [0, 0.05) is 6.92 Å². The summed E-state index contributed by atoms with van der Waals surface area (Å²) < 4.78 is 33.7. The Morgan fingerprint density at radius 3 is 2.11 bits per heavy atom. The monoisotopic (exact) mass is 158 g/mol. The Morgan fingerprint density at radius 1 is 1.56 bits per heavy atom. The highest BCUT2D eigenvalue weighted by Crippen LogP contribution is 2.20. The van der Waals surface area contributed by atoms with Crippen molar-refractivity contribution >= 4 is 16.9 Å². The second kappa shape index (κ2) is 3.10. The summed E-state index contributed by atoms with van der Waals surface area (Å²) in [5, 5.41) is -0.507. The molecule has 0 fully saturated rings. The van der Waals surface area contributed by atoms with E-state index < -0.39 is 17.0 Å². The lowest BCUT2D eigenvalue weighted by Gasteiger charge is -2.01. The zero-order chi connectivity index (χ0) is 7.49. The molecule has 0 aromatic carbocycles. The molecule has 0 saturated carbocycles. The van der Waals surface area contributed by atoms with Gasteiger partial charge in [-0.25, -0.2) is 0 Å². The van der Waals surface area contributed by atoms with Gasteiger partial charge in [0.25, 0.3) is 0 Å². The second-order valence-corrected chi connectivity index (χ2v) is 2.55. The molecule has 0 heterocycles. The van der Waals surface area contributed by atoms with E-state index in [1.54, 1.807) is 0 Å². The molecule has 5 heteroatoms. The number of thioether (sulfide) groups is 1.